The van der Waals surface area contributed by atoms with Crippen LogP contribution in [0, 0.1) is 6.92 Å². The van der Waals surface area contributed by atoms with Crippen LogP contribution in [0.1, 0.15) is 32.7 Å². The van der Waals surface area contributed by atoms with Crippen molar-refractivity contribution in [2.75, 3.05) is 11.4 Å². The molecule has 1 aromatic heterocycles. The number of aromatic nitrogens is 2. The van der Waals surface area contributed by atoms with E-state index in [9.17, 15) is 9.90 Å². The van der Waals surface area contributed by atoms with E-state index in [1.165, 1.54) is 17.3 Å². The molecule has 0 saturated carbocycles. The van der Waals surface area contributed by atoms with Gasteiger partial charge in [0.15, 0.2) is 0 Å². The summed E-state index contributed by atoms with van der Waals surface area (Å²) in [4.78, 5) is 22.5. The van der Waals surface area contributed by atoms with Gasteiger partial charge in [-0.1, -0.05) is 36.4 Å². The summed E-state index contributed by atoms with van der Waals surface area (Å²) >= 11 is 0. The van der Waals surface area contributed by atoms with Gasteiger partial charge < -0.3 is 14.7 Å². The Labute approximate surface area is 163 Å². The summed E-state index contributed by atoms with van der Waals surface area (Å²) in [6, 6.07) is 16.0. The van der Waals surface area contributed by atoms with Crippen molar-refractivity contribution in [2.24, 2.45) is 0 Å². The molecule has 0 aliphatic carbocycles. The zero-order valence-corrected chi connectivity index (χ0v) is 15.6. The summed E-state index contributed by atoms with van der Waals surface area (Å²) in [7, 11) is 0. The lowest BCUT2D eigenvalue weighted by Gasteiger charge is -2.29. The molecule has 1 N–H and O–H groups in total. The first-order chi connectivity index (χ1) is 13.6. The normalized spacial score (nSPS) is 13.1. The number of fused-ring (bicyclic) bond motifs is 1. The van der Waals surface area contributed by atoms with Crippen LogP contribution >= 0.6 is 0 Å². The minimum absolute atomic E-state index is 0.0637. The smallest absolute Gasteiger partial charge is 0.339 e. The fourth-order valence-corrected chi connectivity index (χ4v) is 3.37. The van der Waals surface area contributed by atoms with Crippen molar-refractivity contribution in [1.82, 2.24) is 9.97 Å². The third-order valence-corrected chi connectivity index (χ3v) is 4.86. The first-order valence-electron chi connectivity index (χ1n) is 9.20. The van der Waals surface area contributed by atoms with E-state index in [4.69, 9.17) is 4.74 Å². The van der Waals surface area contributed by atoms with E-state index < -0.39 is 5.97 Å². The van der Waals surface area contributed by atoms with Crippen LogP contribution in [-0.4, -0.2) is 27.6 Å². The van der Waals surface area contributed by atoms with Crippen LogP contribution in [0.15, 0.2) is 54.7 Å². The third-order valence-electron chi connectivity index (χ3n) is 4.86. The fraction of sp³-hybridized carbons (Fsp3) is 0.227. The maximum Gasteiger partial charge on any atom is 0.339 e. The molecular weight excluding hydrogens is 354 g/mol. The number of anilines is 1. The van der Waals surface area contributed by atoms with Gasteiger partial charge in [-0.25, -0.2) is 14.8 Å². The summed E-state index contributed by atoms with van der Waals surface area (Å²) < 4.78 is 5.79. The largest absolute Gasteiger partial charge is 0.487 e. The van der Waals surface area contributed by atoms with Gasteiger partial charge in [-0.2, -0.15) is 0 Å². The highest BCUT2D eigenvalue weighted by Gasteiger charge is 2.21. The summed E-state index contributed by atoms with van der Waals surface area (Å²) in [5.41, 5.74) is 4.10. The van der Waals surface area contributed by atoms with E-state index in [0.717, 1.165) is 18.5 Å². The third kappa shape index (κ3) is 3.81. The SMILES string of the molecule is Cc1cccc(OCc2nc(N3CCc4ccccc4C3)ncc2C(=O)O)c1. The van der Waals surface area contributed by atoms with Gasteiger partial charge >= 0.3 is 5.97 Å². The molecule has 2 heterocycles. The standard InChI is InChI=1S/C22H21N3O3/c1-15-5-4-8-18(11-15)28-14-20-19(21(26)27)12-23-22(24-20)25-10-9-16-6-2-3-7-17(16)13-25/h2-8,11-12H,9-10,13-14H2,1H3,(H,26,27). The van der Waals surface area contributed by atoms with Crippen LogP contribution in [0.3, 0.4) is 0 Å². The van der Waals surface area contributed by atoms with Crippen molar-refractivity contribution >= 4 is 11.9 Å². The van der Waals surface area contributed by atoms with E-state index in [0.29, 0.717) is 23.9 Å². The number of hydrogen-bond acceptors (Lipinski definition) is 5. The Hall–Kier alpha value is -3.41. The number of benzene rings is 2. The molecular formula is C22H21N3O3. The van der Waals surface area contributed by atoms with Gasteiger partial charge in [0.05, 0.1) is 5.69 Å². The highest BCUT2D eigenvalue weighted by atomic mass is 16.5. The average Bonchev–Trinajstić information content (AvgIpc) is 2.71. The molecule has 0 saturated heterocycles. The minimum atomic E-state index is -1.06. The second-order valence-electron chi connectivity index (χ2n) is 6.88. The zero-order chi connectivity index (χ0) is 19.5. The first kappa shape index (κ1) is 18.0. The lowest BCUT2D eigenvalue weighted by atomic mass is 10.0. The van der Waals surface area contributed by atoms with E-state index in [-0.39, 0.29) is 12.2 Å². The molecule has 3 aromatic rings. The van der Waals surface area contributed by atoms with Crippen LogP contribution < -0.4 is 9.64 Å². The van der Waals surface area contributed by atoms with E-state index in [1.54, 1.807) is 0 Å². The van der Waals surface area contributed by atoms with Gasteiger partial charge in [0, 0.05) is 19.3 Å². The number of aryl methyl sites for hydroxylation is 1. The van der Waals surface area contributed by atoms with Gasteiger partial charge in [0.2, 0.25) is 5.95 Å². The molecule has 0 unspecified atom stereocenters. The molecule has 6 nitrogen and oxygen atoms in total. The number of carboxylic acid groups (broad SMARTS) is 1. The van der Waals surface area contributed by atoms with Crippen molar-refractivity contribution in [3.63, 3.8) is 0 Å². The molecule has 0 atom stereocenters. The predicted octanol–water partition coefficient (Wildman–Crippen LogP) is 3.62. The molecule has 0 bridgehead atoms. The van der Waals surface area contributed by atoms with Gasteiger partial charge in [-0.05, 0) is 42.2 Å². The Morgan fingerprint density at radius 3 is 2.79 bits per heavy atom. The molecule has 142 valence electrons. The Kier molecular flexibility index (Phi) is 4.93. The van der Waals surface area contributed by atoms with E-state index >= 15 is 0 Å². The van der Waals surface area contributed by atoms with E-state index in [1.807, 2.05) is 43.3 Å². The van der Waals surface area contributed by atoms with Crippen molar-refractivity contribution < 1.29 is 14.6 Å². The van der Waals surface area contributed by atoms with Crippen LogP contribution in [-0.2, 0) is 19.6 Å². The van der Waals surface area contributed by atoms with Gasteiger partial charge in [0.25, 0.3) is 0 Å². The number of carboxylic acids is 1. The fourth-order valence-electron chi connectivity index (χ4n) is 3.37. The number of hydrogen-bond donors (Lipinski definition) is 1. The lowest BCUT2D eigenvalue weighted by Crippen LogP contribution is -2.32. The lowest BCUT2D eigenvalue weighted by molar-refractivity contribution is 0.0692. The van der Waals surface area contributed by atoms with Crippen LogP contribution in [0.2, 0.25) is 0 Å². The number of nitrogens with zero attached hydrogens (tertiary/aromatic N) is 3. The first-order valence-corrected chi connectivity index (χ1v) is 9.20. The Bertz CT molecular complexity index is 1020. The van der Waals surface area contributed by atoms with Crippen molar-refractivity contribution in [2.45, 2.75) is 26.5 Å². The maximum atomic E-state index is 11.6. The Morgan fingerprint density at radius 1 is 1.18 bits per heavy atom. The zero-order valence-electron chi connectivity index (χ0n) is 15.6. The molecule has 1 aliphatic rings. The number of carbonyl (C=O) groups is 1. The number of ether oxygens (including phenoxy) is 1. The Balaban J connectivity index is 1.58. The average molecular weight is 375 g/mol. The molecule has 0 fully saturated rings. The predicted molar refractivity (Wildman–Crippen MR) is 106 cm³/mol. The highest BCUT2D eigenvalue weighted by molar-refractivity contribution is 5.88. The molecule has 6 heteroatoms. The van der Waals surface area contributed by atoms with E-state index in [2.05, 4.69) is 27.0 Å². The summed E-state index contributed by atoms with van der Waals surface area (Å²) in [5.74, 6) is 0.157. The molecule has 0 radical (unpaired) electrons. The second kappa shape index (κ2) is 7.68. The van der Waals surface area contributed by atoms with Crippen LogP contribution in [0.4, 0.5) is 5.95 Å². The van der Waals surface area contributed by atoms with Crippen molar-refractivity contribution in [3.8, 4) is 5.75 Å². The van der Waals surface area contributed by atoms with Gasteiger partial charge in [-0.15, -0.1) is 0 Å². The topological polar surface area (TPSA) is 75.5 Å². The van der Waals surface area contributed by atoms with Crippen LogP contribution in [0.25, 0.3) is 0 Å². The number of rotatable bonds is 5. The molecule has 2 aromatic carbocycles. The molecule has 1 aliphatic heterocycles. The van der Waals surface area contributed by atoms with Crippen molar-refractivity contribution in [1.29, 1.82) is 0 Å². The summed E-state index contributed by atoms with van der Waals surface area (Å²) in [5, 5.41) is 9.49. The van der Waals surface area contributed by atoms with Crippen molar-refractivity contribution in [3.05, 3.63) is 82.7 Å². The molecule has 0 amide bonds. The van der Waals surface area contributed by atoms with Gasteiger partial charge in [0.1, 0.15) is 17.9 Å². The molecule has 0 spiro atoms. The molecule has 4 rings (SSSR count). The summed E-state index contributed by atoms with van der Waals surface area (Å²) in [6.07, 6.45) is 2.29. The van der Waals surface area contributed by atoms with Gasteiger partial charge in [-0.3, -0.25) is 0 Å². The molecule has 28 heavy (non-hydrogen) atoms. The highest BCUT2D eigenvalue weighted by Crippen LogP contribution is 2.23. The monoisotopic (exact) mass is 375 g/mol. The minimum Gasteiger partial charge on any atom is -0.487 e. The van der Waals surface area contributed by atoms with Crippen LogP contribution in [0.5, 0.6) is 5.75 Å². The quantitative estimate of drug-likeness (QED) is 0.734. The number of aromatic carboxylic acids is 1. The maximum absolute atomic E-state index is 11.6. The Morgan fingerprint density at radius 2 is 2.00 bits per heavy atom. The summed E-state index contributed by atoms with van der Waals surface area (Å²) in [6.45, 7) is 3.56. The second-order valence-corrected chi connectivity index (χ2v) is 6.88.